The van der Waals surface area contributed by atoms with Crippen LogP contribution < -0.4 is 10.1 Å². The molecule has 2 heterocycles. The number of carboxylic acid groups (broad SMARTS) is 1. The predicted molar refractivity (Wildman–Crippen MR) is 176 cm³/mol. The Balaban J connectivity index is 1.28. The first-order chi connectivity index (χ1) is 21.3. The summed E-state index contributed by atoms with van der Waals surface area (Å²) in [5, 5.41) is 12.4. The summed E-state index contributed by atoms with van der Waals surface area (Å²) >= 11 is 12.8. The van der Waals surface area contributed by atoms with E-state index in [4.69, 9.17) is 38.4 Å². The van der Waals surface area contributed by atoms with Gasteiger partial charge in [0.05, 0.1) is 23.7 Å². The Morgan fingerprint density at radius 1 is 1.02 bits per heavy atom. The van der Waals surface area contributed by atoms with Gasteiger partial charge in [0.25, 0.3) is 5.91 Å². The third kappa shape index (κ3) is 8.25. The molecule has 2 N–H and O–H groups in total. The van der Waals surface area contributed by atoms with E-state index >= 15 is 0 Å². The van der Waals surface area contributed by atoms with Gasteiger partial charge in [-0.15, -0.1) is 0 Å². The van der Waals surface area contributed by atoms with Gasteiger partial charge in [0.2, 0.25) is 5.91 Å². The zero-order valence-electron chi connectivity index (χ0n) is 23.7. The summed E-state index contributed by atoms with van der Waals surface area (Å²) in [5.41, 5.74) is 3.24. The Morgan fingerprint density at radius 3 is 2.43 bits per heavy atom. The Hall–Kier alpha value is -3.74. The summed E-state index contributed by atoms with van der Waals surface area (Å²) in [6.45, 7) is 4.50. The van der Waals surface area contributed by atoms with E-state index < -0.39 is 5.97 Å². The van der Waals surface area contributed by atoms with Crippen molar-refractivity contribution in [2.75, 3.05) is 51.3 Å². The molecule has 2 aliphatic rings. The number of aromatic carboxylic acids is 1. The summed E-state index contributed by atoms with van der Waals surface area (Å²) < 4.78 is 12.0. The standard InChI is InChI=1S/C32H30ClN3O6S2/c33-25-6-1-21(2-7-25)23-5-10-27(42-18-15-35-13-16-41-17-14-35)24(19-23)20-28-30(38)36(32(43)44-28)12-11-29(37)34-26-8-3-22(4-9-26)31(39)40/h1-10,19-20H,11-18H2,(H,34,37)(H,39,40). The van der Waals surface area contributed by atoms with Crippen LogP contribution in [0.5, 0.6) is 5.75 Å². The molecule has 0 unspecified atom stereocenters. The first-order valence-corrected chi connectivity index (χ1v) is 15.6. The third-order valence-electron chi connectivity index (χ3n) is 7.09. The van der Waals surface area contributed by atoms with Crippen LogP contribution in [0.4, 0.5) is 5.69 Å². The van der Waals surface area contributed by atoms with Crippen molar-refractivity contribution in [3.63, 3.8) is 0 Å². The van der Waals surface area contributed by atoms with Crippen LogP contribution in [0.3, 0.4) is 0 Å². The number of hydrogen-bond donors (Lipinski definition) is 2. The molecule has 9 nitrogen and oxygen atoms in total. The molecule has 0 bridgehead atoms. The molecule has 3 aromatic carbocycles. The molecule has 0 aromatic heterocycles. The number of thioether (sulfide) groups is 1. The van der Waals surface area contributed by atoms with Gasteiger partial charge >= 0.3 is 5.97 Å². The third-order valence-corrected chi connectivity index (χ3v) is 8.72. The Labute approximate surface area is 269 Å². The number of rotatable bonds is 11. The molecule has 0 atom stereocenters. The fourth-order valence-corrected chi connectivity index (χ4v) is 6.12. The number of ether oxygens (including phenoxy) is 2. The predicted octanol–water partition coefficient (Wildman–Crippen LogP) is 5.65. The molecule has 12 heteroatoms. The molecule has 0 aliphatic carbocycles. The molecule has 5 rings (SSSR count). The van der Waals surface area contributed by atoms with Crippen LogP contribution in [0.25, 0.3) is 17.2 Å². The van der Waals surface area contributed by atoms with Crippen molar-refractivity contribution >= 4 is 69.4 Å². The number of benzene rings is 3. The minimum atomic E-state index is -1.05. The minimum absolute atomic E-state index is 0.0162. The SMILES string of the molecule is O=C(CCN1C(=O)C(=Cc2cc(-c3ccc(Cl)cc3)ccc2OCCN2CCOCC2)SC1=S)Nc1ccc(C(=O)O)cc1. The summed E-state index contributed by atoms with van der Waals surface area (Å²) in [7, 11) is 0. The second-order valence-electron chi connectivity index (χ2n) is 10.1. The molecule has 2 amide bonds. The second-order valence-corrected chi connectivity index (χ2v) is 12.2. The molecule has 0 spiro atoms. The number of carbonyl (C=O) groups is 3. The lowest BCUT2D eigenvalue weighted by atomic mass is 10.0. The van der Waals surface area contributed by atoms with Crippen LogP contribution >= 0.6 is 35.6 Å². The number of carboxylic acids is 1. The van der Waals surface area contributed by atoms with Gasteiger partial charge in [-0.3, -0.25) is 19.4 Å². The number of anilines is 1. The van der Waals surface area contributed by atoms with Crippen molar-refractivity contribution in [3.8, 4) is 16.9 Å². The number of nitrogens with zero attached hydrogens (tertiary/aromatic N) is 2. The number of thiocarbonyl (C=S) groups is 1. The van der Waals surface area contributed by atoms with E-state index in [9.17, 15) is 14.4 Å². The van der Waals surface area contributed by atoms with E-state index in [2.05, 4.69) is 10.2 Å². The smallest absolute Gasteiger partial charge is 0.335 e. The number of amides is 2. The lowest BCUT2D eigenvalue weighted by molar-refractivity contribution is -0.122. The maximum Gasteiger partial charge on any atom is 0.335 e. The number of halogens is 1. The highest BCUT2D eigenvalue weighted by Crippen LogP contribution is 2.36. The highest BCUT2D eigenvalue weighted by molar-refractivity contribution is 8.26. The van der Waals surface area contributed by atoms with Crippen molar-refractivity contribution in [2.24, 2.45) is 0 Å². The first-order valence-electron chi connectivity index (χ1n) is 14.0. The summed E-state index contributed by atoms with van der Waals surface area (Å²) in [5.74, 6) is -1.00. The second kappa shape index (κ2) is 14.8. The quantitative estimate of drug-likeness (QED) is 0.201. The van der Waals surface area contributed by atoms with Gasteiger partial charge in [0.1, 0.15) is 16.7 Å². The number of nitrogens with one attached hydrogen (secondary N) is 1. The van der Waals surface area contributed by atoms with Gasteiger partial charge in [0.15, 0.2) is 0 Å². The van der Waals surface area contributed by atoms with E-state index in [0.29, 0.717) is 45.5 Å². The van der Waals surface area contributed by atoms with E-state index in [1.807, 2.05) is 42.5 Å². The topological polar surface area (TPSA) is 108 Å². The van der Waals surface area contributed by atoms with Gasteiger partial charge in [-0.25, -0.2) is 4.79 Å². The van der Waals surface area contributed by atoms with Gasteiger partial charge in [0, 0.05) is 48.9 Å². The highest BCUT2D eigenvalue weighted by atomic mass is 35.5. The molecule has 3 aromatic rings. The lowest BCUT2D eigenvalue weighted by Gasteiger charge is -2.26. The maximum atomic E-state index is 13.4. The number of hydrogen-bond acceptors (Lipinski definition) is 8. The molecule has 2 aliphatic heterocycles. The first kappa shape index (κ1) is 31.7. The average molecular weight is 652 g/mol. The van der Waals surface area contributed by atoms with Crippen LogP contribution in [0.1, 0.15) is 22.3 Å². The normalized spacial score (nSPS) is 16.4. The van der Waals surface area contributed by atoms with Crippen LogP contribution in [-0.2, 0) is 14.3 Å². The van der Waals surface area contributed by atoms with Gasteiger partial charge in [-0.2, -0.15) is 0 Å². The van der Waals surface area contributed by atoms with Crippen molar-refractivity contribution in [3.05, 3.63) is 87.8 Å². The van der Waals surface area contributed by atoms with Gasteiger partial charge < -0.3 is 19.9 Å². The zero-order valence-corrected chi connectivity index (χ0v) is 26.1. The van der Waals surface area contributed by atoms with Crippen molar-refractivity contribution in [2.45, 2.75) is 6.42 Å². The average Bonchev–Trinajstić information content (AvgIpc) is 3.29. The summed E-state index contributed by atoms with van der Waals surface area (Å²) in [6, 6.07) is 19.2. The van der Waals surface area contributed by atoms with Crippen molar-refractivity contribution < 1.29 is 29.0 Å². The van der Waals surface area contributed by atoms with Crippen LogP contribution in [0.15, 0.2) is 71.6 Å². The van der Waals surface area contributed by atoms with Crippen LogP contribution in [0, 0.1) is 0 Å². The largest absolute Gasteiger partial charge is 0.492 e. The van der Waals surface area contributed by atoms with E-state index in [1.165, 1.54) is 40.9 Å². The molecular weight excluding hydrogens is 622 g/mol. The molecule has 0 radical (unpaired) electrons. The van der Waals surface area contributed by atoms with Crippen molar-refractivity contribution in [1.29, 1.82) is 0 Å². The lowest BCUT2D eigenvalue weighted by Crippen LogP contribution is -2.38. The number of morpholine rings is 1. The molecule has 44 heavy (non-hydrogen) atoms. The Bertz CT molecular complexity index is 1570. The maximum absolute atomic E-state index is 13.4. The monoisotopic (exact) mass is 651 g/mol. The van der Waals surface area contributed by atoms with Crippen molar-refractivity contribution in [1.82, 2.24) is 9.80 Å². The molecular formula is C32H30ClN3O6S2. The fourth-order valence-electron chi connectivity index (χ4n) is 4.69. The highest BCUT2D eigenvalue weighted by Gasteiger charge is 2.32. The van der Waals surface area contributed by atoms with Gasteiger partial charge in [-0.05, 0) is 65.7 Å². The molecule has 0 saturated carbocycles. The summed E-state index contributed by atoms with van der Waals surface area (Å²) in [6.07, 6.45) is 1.80. The van der Waals surface area contributed by atoms with Gasteiger partial charge in [-0.1, -0.05) is 53.8 Å². The molecule has 2 fully saturated rings. The minimum Gasteiger partial charge on any atom is -0.492 e. The van der Waals surface area contributed by atoms with Crippen LogP contribution in [0.2, 0.25) is 5.02 Å². The summed E-state index contributed by atoms with van der Waals surface area (Å²) in [4.78, 5) is 41.2. The zero-order chi connectivity index (χ0) is 31.1. The van der Waals surface area contributed by atoms with E-state index in [1.54, 1.807) is 6.08 Å². The van der Waals surface area contributed by atoms with E-state index in [0.717, 1.165) is 36.3 Å². The Morgan fingerprint density at radius 2 is 1.73 bits per heavy atom. The molecule has 2 saturated heterocycles. The fraction of sp³-hybridized carbons (Fsp3) is 0.250. The van der Waals surface area contributed by atoms with E-state index in [-0.39, 0.29) is 30.3 Å². The van der Waals surface area contributed by atoms with Crippen LogP contribution in [-0.4, -0.2) is 83.0 Å². The number of carbonyl (C=O) groups excluding carboxylic acids is 2. The molecule has 228 valence electrons. The Kier molecular flexibility index (Phi) is 10.7.